The third-order valence-electron chi connectivity index (χ3n) is 5.59. The van der Waals surface area contributed by atoms with Gasteiger partial charge in [0.05, 0.1) is 0 Å². The normalized spacial score (nSPS) is 20.7. The van der Waals surface area contributed by atoms with Crippen molar-refractivity contribution in [2.75, 3.05) is 16.8 Å². The second-order valence-corrected chi connectivity index (χ2v) is 7.64. The van der Waals surface area contributed by atoms with Crippen molar-refractivity contribution in [3.63, 3.8) is 0 Å². The molecule has 2 saturated carbocycles. The van der Waals surface area contributed by atoms with Crippen LogP contribution < -0.4 is 15.5 Å². The van der Waals surface area contributed by atoms with E-state index in [9.17, 15) is 9.59 Å². The zero-order valence-corrected chi connectivity index (χ0v) is 14.7. The molecule has 2 fully saturated rings. The van der Waals surface area contributed by atoms with Crippen LogP contribution in [0.3, 0.4) is 0 Å². The number of carbonyl (C=O) groups is 2. The molecule has 4 rings (SSSR count). The van der Waals surface area contributed by atoms with Gasteiger partial charge in [0.2, 0.25) is 5.91 Å². The fourth-order valence-electron chi connectivity index (χ4n) is 4.03. The van der Waals surface area contributed by atoms with Crippen molar-refractivity contribution in [3.8, 4) is 0 Å². The summed E-state index contributed by atoms with van der Waals surface area (Å²) in [6, 6.07) is 6.12. The van der Waals surface area contributed by atoms with Gasteiger partial charge in [-0.05, 0) is 56.2 Å². The highest BCUT2D eigenvalue weighted by atomic mass is 16.2. The second-order valence-electron chi connectivity index (χ2n) is 7.64. The van der Waals surface area contributed by atoms with Crippen molar-refractivity contribution in [2.24, 2.45) is 5.92 Å². The first-order chi connectivity index (χ1) is 12.2. The van der Waals surface area contributed by atoms with Crippen LogP contribution in [0.4, 0.5) is 16.2 Å². The van der Waals surface area contributed by atoms with Crippen molar-refractivity contribution >= 4 is 23.3 Å². The fourth-order valence-corrected chi connectivity index (χ4v) is 4.03. The molecule has 0 atom stereocenters. The van der Waals surface area contributed by atoms with Gasteiger partial charge in [0.1, 0.15) is 0 Å². The lowest BCUT2D eigenvalue weighted by molar-refractivity contribution is -0.119. The monoisotopic (exact) mass is 341 g/mol. The minimum absolute atomic E-state index is 0.136. The summed E-state index contributed by atoms with van der Waals surface area (Å²) in [6.45, 7) is 0.792. The summed E-state index contributed by atoms with van der Waals surface area (Å²) < 4.78 is 0. The van der Waals surface area contributed by atoms with Gasteiger partial charge in [-0.3, -0.25) is 4.79 Å². The van der Waals surface area contributed by atoms with E-state index < -0.39 is 0 Å². The SMILES string of the molecule is O=C(Nc1ccc2c(c1)N(C(=O)C1CC1)CCC2)NC1CCCCC1. The van der Waals surface area contributed by atoms with Crippen LogP contribution in [0, 0.1) is 5.92 Å². The van der Waals surface area contributed by atoms with Gasteiger partial charge >= 0.3 is 6.03 Å². The quantitative estimate of drug-likeness (QED) is 0.878. The van der Waals surface area contributed by atoms with Gasteiger partial charge in [0, 0.05) is 29.9 Å². The average Bonchev–Trinajstić information content (AvgIpc) is 3.46. The molecule has 2 N–H and O–H groups in total. The number of carbonyl (C=O) groups excluding carboxylic acids is 2. The average molecular weight is 341 g/mol. The van der Waals surface area contributed by atoms with E-state index in [1.807, 2.05) is 17.0 Å². The number of amides is 3. The molecule has 134 valence electrons. The Labute approximate surface area is 149 Å². The molecule has 1 heterocycles. The van der Waals surface area contributed by atoms with Gasteiger partial charge in [-0.1, -0.05) is 25.3 Å². The van der Waals surface area contributed by atoms with Crippen LogP contribution in [0.2, 0.25) is 0 Å². The zero-order chi connectivity index (χ0) is 17.2. The van der Waals surface area contributed by atoms with E-state index >= 15 is 0 Å². The van der Waals surface area contributed by atoms with E-state index in [1.54, 1.807) is 0 Å². The van der Waals surface area contributed by atoms with Crippen molar-refractivity contribution < 1.29 is 9.59 Å². The summed E-state index contributed by atoms with van der Waals surface area (Å²) in [6.07, 6.45) is 9.86. The molecule has 5 nitrogen and oxygen atoms in total. The molecule has 0 unspecified atom stereocenters. The topological polar surface area (TPSA) is 61.4 Å². The standard InChI is InChI=1S/C20H27N3O2/c24-19(15-8-9-15)23-12-4-5-14-10-11-17(13-18(14)23)22-20(25)21-16-6-2-1-3-7-16/h10-11,13,15-16H,1-9,12H2,(H2,21,22,25). The number of hydrogen-bond acceptors (Lipinski definition) is 2. The van der Waals surface area contributed by atoms with Gasteiger partial charge in [-0.2, -0.15) is 0 Å². The van der Waals surface area contributed by atoms with Crippen LogP contribution in [-0.4, -0.2) is 24.5 Å². The predicted molar refractivity (Wildman–Crippen MR) is 98.9 cm³/mol. The lowest BCUT2D eigenvalue weighted by atomic mass is 9.96. The van der Waals surface area contributed by atoms with E-state index in [0.29, 0.717) is 6.04 Å². The molecule has 0 radical (unpaired) electrons. The van der Waals surface area contributed by atoms with E-state index in [0.717, 1.165) is 56.4 Å². The molecule has 0 spiro atoms. The molecule has 1 aliphatic heterocycles. The van der Waals surface area contributed by atoms with Crippen molar-refractivity contribution in [1.29, 1.82) is 0 Å². The Morgan fingerprint density at radius 3 is 2.56 bits per heavy atom. The summed E-state index contributed by atoms with van der Waals surface area (Å²) in [4.78, 5) is 26.8. The Bertz CT molecular complexity index is 663. The lowest BCUT2D eigenvalue weighted by Gasteiger charge is -2.30. The molecular weight excluding hydrogens is 314 g/mol. The molecule has 0 saturated heterocycles. The van der Waals surface area contributed by atoms with Crippen LogP contribution in [0.15, 0.2) is 18.2 Å². The molecule has 0 bridgehead atoms. The summed E-state index contributed by atoms with van der Waals surface area (Å²) in [5.74, 6) is 0.474. The smallest absolute Gasteiger partial charge is 0.319 e. The molecule has 3 amide bonds. The van der Waals surface area contributed by atoms with Crippen LogP contribution in [-0.2, 0) is 11.2 Å². The number of urea groups is 1. The summed E-state index contributed by atoms with van der Waals surface area (Å²) in [5, 5.41) is 6.03. The van der Waals surface area contributed by atoms with Gasteiger partial charge in [-0.25, -0.2) is 4.79 Å². The fraction of sp³-hybridized carbons (Fsp3) is 0.600. The Kier molecular flexibility index (Phi) is 4.64. The number of nitrogens with one attached hydrogen (secondary N) is 2. The molecule has 25 heavy (non-hydrogen) atoms. The maximum atomic E-state index is 12.5. The van der Waals surface area contributed by atoms with Gasteiger partial charge < -0.3 is 15.5 Å². The second kappa shape index (κ2) is 7.06. The molecular formula is C20H27N3O2. The summed E-state index contributed by atoms with van der Waals surface area (Å²) >= 11 is 0. The maximum Gasteiger partial charge on any atom is 0.319 e. The minimum atomic E-state index is -0.136. The highest BCUT2D eigenvalue weighted by molar-refractivity contribution is 5.98. The van der Waals surface area contributed by atoms with E-state index in [2.05, 4.69) is 16.7 Å². The molecule has 2 aliphatic carbocycles. The maximum absolute atomic E-state index is 12.5. The van der Waals surface area contributed by atoms with Gasteiger partial charge in [-0.15, -0.1) is 0 Å². The number of fused-ring (bicyclic) bond motifs is 1. The van der Waals surface area contributed by atoms with E-state index in [4.69, 9.17) is 0 Å². The van der Waals surface area contributed by atoms with Crippen molar-refractivity contribution in [2.45, 2.75) is 63.8 Å². The Balaban J connectivity index is 1.44. The molecule has 0 aromatic heterocycles. The predicted octanol–water partition coefficient (Wildman–Crippen LogP) is 3.83. The number of rotatable bonds is 3. The summed E-state index contributed by atoms with van der Waals surface area (Å²) in [5.41, 5.74) is 2.96. The molecule has 5 heteroatoms. The van der Waals surface area contributed by atoms with Crippen LogP contribution >= 0.6 is 0 Å². The Hall–Kier alpha value is -2.04. The largest absolute Gasteiger partial charge is 0.335 e. The first-order valence-electron chi connectivity index (χ1n) is 9.72. The highest BCUT2D eigenvalue weighted by Gasteiger charge is 2.35. The Morgan fingerprint density at radius 1 is 1.00 bits per heavy atom. The van der Waals surface area contributed by atoms with Gasteiger partial charge in [0.15, 0.2) is 0 Å². The van der Waals surface area contributed by atoms with Crippen molar-refractivity contribution in [3.05, 3.63) is 23.8 Å². The van der Waals surface area contributed by atoms with E-state index in [1.165, 1.54) is 24.8 Å². The highest BCUT2D eigenvalue weighted by Crippen LogP contribution is 2.36. The number of nitrogens with zero attached hydrogens (tertiary/aromatic N) is 1. The first-order valence-corrected chi connectivity index (χ1v) is 9.72. The molecule has 1 aromatic carbocycles. The Morgan fingerprint density at radius 2 is 1.80 bits per heavy atom. The number of benzene rings is 1. The number of hydrogen-bond donors (Lipinski definition) is 2. The molecule has 3 aliphatic rings. The van der Waals surface area contributed by atoms with Crippen LogP contribution in [0.25, 0.3) is 0 Å². The third-order valence-corrected chi connectivity index (χ3v) is 5.59. The summed E-state index contributed by atoms with van der Waals surface area (Å²) in [7, 11) is 0. The van der Waals surface area contributed by atoms with Crippen LogP contribution in [0.1, 0.15) is 56.9 Å². The van der Waals surface area contributed by atoms with Gasteiger partial charge in [0.25, 0.3) is 0 Å². The number of aryl methyl sites for hydroxylation is 1. The minimum Gasteiger partial charge on any atom is -0.335 e. The molecule has 1 aromatic rings. The zero-order valence-electron chi connectivity index (χ0n) is 14.7. The van der Waals surface area contributed by atoms with Crippen molar-refractivity contribution in [1.82, 2.24) is 5.32 Å². The van der Waals surface area contributed by atoms with Crippen LogP contribution in [0.5, 0.6) is 0 Å². The third kappa shape index (κ3) is 3.80. The van der Waals surface area contributed by atoms with E-state index in [-0.39, 0.29) is 17.9 Å². The number of anilines is 2. The lowest BCUT2D eigenvalue weighted by Crippen LogP contribution is -2.39. The first kappa shape index (κ1) is 16.4.